The predicted molar refractivity (Wildman–Crippen MR) is 70.0 cm³/mol. The van der Waals surface area contributed by atoms with Crippen LogP contribution < -0.4 is 11.1 Å². The molecule has 1 saturated carbocycles. The van der Waals surface area contributed by atoms with Crippen LogP contribution in [0.25, 0.3) is 0 Å². The Hall–Kier alpha value is -1.27. The van der Waals surface area contributed by atoms with Crippen molar-refractivity contribution in [3.05, 3.63) is 18.1 Å². The lowest BCUT2D eigenvalue weighted by molar-refractivity contribution is 0.00291. The first kappa shape index (κ1) is 12.2. The highest BCUT2D eigenvalue weighted by Gasteiger charge is 2.30. The van der Waals surface area contributed by atoms with Crippen molar-refractivity contribution in [2.24, 2.45) is 5.73 Å². The van der Waals surface area contributed by atoms with Crippen LogP contribution in [-0.2, 0) is 4.74 Å². The highest BCUT2D eigenvalue weighted by molar-refractivity contribution is 7.80. The van der Waals surface area contributed by atoms with Gasteiger partial charge in [0.05, 0.1) is 6.10 Å². The van der Waals surface area contributed by atoms with Gasteiger partial charge < -0.3 is 15.8 Å². The standard InChI is InChI=1S/C11H16N4OS/c1-2-16-8-5-7(6-8)15-11-9(10(12)17)13-3-4-14-11/h3-4,7-8H,2,5-6H2,1H3,(H2,12,17)(H,14,15). The average Bonchev–Trinajstić information content (AvgIpc) is 2.26. The van der Waals surface area contributed by atoms with E-state index in [9.17, 15) is 0 Å². The molecule has 2 rings (SSSR count). The molecule has 17 heavy (non-hydrogen) atoms. The van der Waals surface area contributed by atoms with E-state index in [-0.39, 0.29) is 4.99 Å². The van der Waals surface area contributed by atoms with E-state index >= 15 is 0 Å². The predicted octanol–water partition coefficient (Wildman–Crippen LogP) is 1.09. The van der Waals surface area contributed by atoms with Gasteiger partial charge in [-0.3, -0.25) is 0 Å². The zero-order valence-corrected chi connectivity index (χ0v) is 10.5. The maximum Gasteiger partial charge on any atom is 0.155 e. The summed E-state index contributed by atoms with van der Waals surface area (Å²) in [5, 5.41) is 3.30. The molecule has 1 aliphatic carbocycles. The molecule has 0 amide bonds. The van der Waals surface area contributed by atoms with Gasteiger partial charge in [-0.2, -0.15) is 0 Å². The fraction of sp³-hybridized carbons (Fsp3) is 0.545. The lowest BCUT2D eigenvalue weighted by atomic mass is 9.89. The quantitative estimate of drug-likeness (QED) is 0.764. The smallest absolute Gasteiger partial charge is 0.155 e. The summed E-state index contributed by atoms with van der Waals surface area (Å²) in [6.45, 7) is 2.77. The first-order chi connectivity index (χ1) is 8.20. The molecule has 92 valence electrons. The summed E-state index contributed by atoms with van der Waals surface area (Å²) in [5.74, 6) is 0.667. The Balaban J connectivity index is 1.94. The molecule has 1 aliphatic rings. The van der Waals surface area contributed by atoms with Gasteiger partial charge in [-0.1, -0.05) is 12.2 Å². The van der Waals surface area contributed by atoms with Gasteiger partial charge in [0.15, 0.2) is 5.82 Å². The molecule has 1 fully saturated rings. The number of anilines is 1. The lowest BCUT2D eigenvalue weighted by Crippen LogP contribution is -2.41. The summed E-state index contributed by atoms with van der Waals surface area (Å²) in [6, 6.07) is 0.372. The molecule has 1 heterocycles. The zero-order valence-electron chi connectivity index (χ0n) is 9.72. The third-order valence-corrected chi connectivity index (χ3v) is 2.96. The van der Waals surface area contributed by atoms with Gasteiger partial charge in [-0.25, -0.2) is 9.97 Å². The summed E-state index contributed by atoms with van der Waals surface area (Å²) in [5.41, 5.74) is 6.15. The monoisotopic (exact) mass is 252 g/mol. The molecule has 0 saturated heterocycles. The van der Waals surface area contributed by atoms with Gasteiger partial charge in [-0.05, 0) is 19.8 Å². The third-order valence-electron chi connectivity index (χ3n) is 2.77. The van der Waals surface area contributed by atoms with Crippen molar-refractivity contribution in [2.45, 2.75) is 31.9 Å². The fourth-order valence-corrected chi connectivity index (χ4v) is 2.02. The molecule has 0 unspecified atom stereocenters. The van der Waals surface area contributed by atoms with E-state index in [1.54, 1.807) is 12.4 Å². The molecule has 3 N–H and O–H groups in total. The molecule has 0 aliphatic heterocycles. The van der Waals surface area contributed by atoms with Crippen LogP contribution in [0.15, 0.2) is 12.4 Å². The second-order valence-electron chi connectivity index (χ2n) is 4.01. The normalized spacial score (nSPS) is 22.9. The maximum atomic E-state index is 5.59. The van der Waals surface area contributed by atoms with Crippen molar-refractivity contribution < 1.29 is 4.74 Å². The van der Waals surface area contributed by atoms with Crippen LogP contribution in [0, 0.1) is 0 Å². The van der Waals surface area contributed by atoms with Crippen LogP contribution in [0.5, 0.6) is 0 Å². The number of hydrogen-bond acceptors (Lipinski definition) is 5. The molecule has 0 aromatic carbocycles. The van der Waals surface area contributed by atoms with Crippen LogP contribution >= 0.6 is 12.2 Å². The summed E-state index contributed by atoms with van der Waals surface area (Å²) >= 11 is 4.93. The molecular formula is C11H16N4OS. The van der Waals surface area contributed by atoms with Crippen LogP contribution in [0.3, 0.4) is 0 Å². The van der Waals surface area contributed by atoms with E-state index in [1.165, 1.54) is 0 Å². The van der Waals surface area contributed by atoms with Gasteiger partial charge in [0, 0.05) is 25.0 Å². The Morgan fingerprint density at radius 3 is 2.88 bits per heavy atom. The second kappa shape index (κ2) is 5.37. The number of hydrogen-bond donors (Lipinski definition) is 2. The second-order valence-corrected chi connectivity index (χ2v) is 4.45. The number of thiocarbonyl (C=S) groups is 1. The van der Waals surface area contributed by atoms with Gasteiger partial charge in [0.25, 0.3) is 0 Å². The van der Waals surface area contributed by atoms with E-state index in [0.29, 0.717) is 23.7 Å². The summed E-state index contributed by atoms with van der Waals surface area (Å²) in [6.07, 6.45) is 5.55. The van der Waals surface area contributed by atoms with Crippen LogP contribution in [-0.4, -0.2) is 33.7 Å². The minimum atomic E-state index is 0.265. The van der Waals surface area contributed by atoms with Crippen molar-refractivity contribution in [3.63, 3.8) is 0 Å². The van der Waals surface area contributed by atoms with E-state index in [0.717, 1.165) is 19.4 Å². The molecule has 0 radical (unpaired) electrons. The van der Waals surface area contributed by atoms with Crippen LogP contribution in [0.2, 0.25) is 0 Å². The van der Waals surface area contributed by atoms with Gasteiger partial charge >= 0.3 is 0 Å². The van der Waals surface area contributed by atoms with Crippen molar-refractivity contribution in [1.29, 1.82) is 0 Å². The summed E-state index contributed by atoms with van der Waals surface area (Å²) < 4.78 is 5.50. The van der Waals surface area contributed by atoms with E-state index in [1.807, 2.05) is 6.92 Å². The highest BCUT2D eigenvalue weighted by atomic mass is 32.1. The first-order valence-electron chi connectivity index (χ1n) is 5.69. The number of nitrogens with zero attached hydrogens (tertiary/aromatic N) is 2. The topological polar surface area (TPSA) is 73.1 Å². The number of nitrogens with one attached hydrogen (secondary N) is 1. The molecule has 6 heteroatoms. The SMILES string of the molecule is CCOC1CC(Nc2nccnc2C(N)=S)C1. The molecule has 5 nitrogen and oxygen atoms in total. The number of nitrogens with two attached hydrogens (primary N) is 1. The Kier molecular flexibility index (Phi) is 3.86. The van der Waals surface area contributed by atoms with Crippen LogP contribution in [0.4, 0.5) is 5.82 Å². The largest absolute Gasteiger partial charge is 0.388 e. The molecule has 1 aromatic rings. The average molecular weight is 252 g/mol. The Morgan fingerprint density at radius 1 is 1.53 bits per heavy atom. The number of ether oxygens (including phenoxy) is 1. The first-order valence-corrected chi connectivity index (χ1v) is 6.10. The van der Waals surface area contributed by atoms with Gasteiger partial charge in [0.1, 0.15) is 10.7 Å². The minimum absolute atomic E-state index is 0.265. The van der Waals surface area contributed by atoms with Crippen molar-refractivity contribution >= 4 is 23.0 Å². The molecule has 0 bridgehead atoms. The Labute approximate surface area is 106 Å². The van der Waals surface area contributed by atoms with E-state index < -0.39 is 0 Å². The molecule has 0 spiro atoms. The number of rotatable bonds is 5. The van der Waals surface area contributed by atoms with Crippen molar-refractivity contribution in [2.75, 3.05) is 11.9 Å². The lowest BCUT2D eigenvalue weighted by Gasteiger charge is -2.35. The summed E-state index contributed by atoms with van der Waals surface area (Å²) in [4.78, 5) is 8.60. The van der Waals surface area contributed by atoms with Crippen molar-refractivity contribution in [1.82, 2.24) is 9.97 Å². The molecular weight excluding hydrogens is 236 g/mol. The maximum absolute atomic E-state index is 5.59. The van der Waals surface area contributed by atoms with Gasteiger partial charge in [-0.15, -0.1) is 0 Å². The Bertz CT molecular complexity index is 406. The van der Waals surface area contributed by atoms with Crippen LogP contribution in [0.1, 0.15) is 25.5 Å². The van der Waals surface area contributed by atoms with E-state index in [4.69, 9.17) is 22.7 Å². The third kappa shape index (κ3) is 2.89. The highest BCUT2D eigenvalue weighted by Crippen LogP contribution is 2.26. The molecule has 1 aromatic heterocycles. The zero-order chi connectivity index (χ0) is 12.3. The Morgan fingerprint density at radius 2 is 2.24 bits per heavy atom. The van der Waals surface area contributed by atoms with Crippen molar-refractivity contribution in [3.8, 4) is 0 Å². The summed E-state index contributed by atoms with van der Waals surface area (Å²) in [7, 11) is 0. The van der Waals surface area contributed by atoms with E-state index in [2.05, 4.69) is 15.3 Å². The molecule has 0 atom stereocenters. The van der Waals surface area contributed by atoms with Gasteiger partial charge in [0.2, 0.25) is 0 Å². The minimum Gasteiger partial charge on any atom is -0.388 e. The fourth-order valence-electron chi connectivity index (χ4n) is 1.87. The number of aromatic nitrogens is 2.